The SMILES string of the molecule is Oc1csc(N2CCCCC2)n1. The van der Waals surface area contributed by atoms with Gasteiger partial charge in [-0.1, -0.05) is 0 Å². The Morgan fingerprint density at radius 1 is 1.33 bits per heavy atom. The molecule has 66 valence electrons. The number of hydrogen-bond acceptors (Lipinski definition) is 4. The van der Waals surface area contributed by atoms with Gasteiger partial charge in [0, 0.05) is 13.1 Å². The van der Waals surface area contributed by atoms with E-state index in [2.05, 4.69) is 9.88 Å². The fourth-order valence-corrected chi connectivity index (χ4v) is 2.23. The molecule has 1 aliphatic rings. The molecule has 0 aromatic carbocycles. The molecule has 0 unspecified atom stereocenters. The van der Waals surface area contributed by atoms with Crippen LogP contribution in [0.1, 0.15) is 19.3 Å². The molecule has 0 amide bonds. The molecule has 1 aromatic heterocycles. The van der Waals surface area contributed by atoms with E-state index in [0.717, 1.165) is 18.2 Å². The van der Waals surface area contributed by atoms with Crippen molar-refractivity contribution in [1.29, 1.82) is 0 Å². The minimum atomic E-state index is 0.153. The normalized spacial score (nSPS) is 18.2. The first kappa shape index (κ1) is 7.86. The molecule has 0 saturated carbocycles. The topological polar surface area (TPSA) is 36.4 Å². The van der Waals surface area contributed by atoms with Gasteiger partial charge in [0.2, 0.25) is 5.88 Å². The number of thiazole rings is 1. The predicted octanol–water partition coefficient (Wildman–Crippen LogP) is 1.84. The van der Waals surface area contributed by atoms with Gasteiger partial charge < -0.3 is 10.0 Å². The van der Waals surface area contributed by atoms with Crippen molar-refractivity contribution in [3.8, 4) is 5.88 Å². The van der Waals surface area contributed by atoms with Crippen molar-refractivity contribution in [1.82, 2.24) is 4.98 Å². The molecule has 12 heavy (non-hydrogen) atoms. The van der Waals surface area contributed by atoms with E-state index < -0.39 is 0 Å². The van der Waals surface area contributed by atoms with Gasteiger partial charge in [0.05, 0.1) is 5.38 Å². The summed E-state index contributed by atoms with van der Waals surface area (Å²) < 4.78 is 0. The second kappa shape index (κ2) is 3.31. The van der Waals surface area contributed by atoms with Gasteiger partial charge in [-0.15, -0.1) is 11.3 Å². The molecule has 2 rings (SSSR count). The number of aromatic nitrogens is 1. The van der Waals surface area contributed by atoms with E-state index in [4.69, 9.17) is 5.11 Å². The highest BCUT2D eigenvalue weighted by atomic mass is 32.1. The van der Waals surface area contributed by atoms with E-state index in [1.165, 1.54) is 30.6 Å². The maximum atomic E-state index is 9.06. The summed E-state index contributed by atoms with van der Waals surface area (Å²) in [6.45, 7) is 2.18. The quantitative estimate of drug-likeness (QED) is 0.723. The first-order valence-corrected chi connectivity index (χ1v) is 5.14. The Morgan fingerprint density at radius 3 is 2.67 bits per heavy atom. The van der Waals surface area contributed by atoms with Crippen LogP contribution in [0.5, 0.6) is 5.88 Å². The second-order valence-electron chi connectivity index (χ2n) is 3.04. The Hall–Kier alpha value is -0.770. The lowest BCUT2D eigenvalue weighted by Gasteiger charge is -2.25. The summed E-state index contributed by atoms with van der Waals surface area (Å²) in [5.41, 5.74) is 0. The van der Waals surface area contributed by atoms with E-state index in [9.17, 15) is 0 Å². The monoisotopic (exact) mass is 184 g/mol. The number of piperidine rings is 1. The molecule has 1 N–H and O–H groups in total. The molecule has 4 heteroatoms. The first-order valence-electron chi connectivity index (χ1n) is 4.26. The molecule has 0 bridgehead atoms. The summed E-state index contributed by atoms with van der Waals surface area (Å²) in [6.07, 6.45) is 3.83. The molecular formula is C8H12N2OS. The van der Waals surface area contributed by atoms with Crippen molar-refractivity contribution >= 4 is 16.5 Å². The largest absolute Gasteiger partial charge is 0.493 e. The Kier molecular flexibility index (Phi) is 2.17. The standard InChI is InChI=1S/C8H12N2OS/c11-7-6-12-8(9-7)10-4-2-1-3-5-10/h6,11H,1-5H2. The van der Waals surface area contributed by atoms with Gasteiger partial charge in [0.1, 0.15) is 0 Å². The smallest absolute Gasteiger partial charge is 0.223 e. The summed E-state index contributed by atoms with van der Waals surface area (Å²) in [7, 11) is 0. The molecule has 1 aromatic rings. The van der Waals surface area contributed by atoms with Crippen LogP contribution in [0.25, 0.3) is 0 Å². The van der Waals surface area contributed by atoms with Crippen molar-refractivity contribution in [3.05, 3.63) is 5.38 Å². The summed E-state index contributed by atoms with van der Waals surface area (Å²) in [5, 5.41) is 11.7. The fraction of sp³-hybridized carbons (Fsp3) is 0.625. The zero-order valence-corrected chi connectivity index (χ0v) is 7.68. The molecule has 1 aliphatic heterocycles. The molecule has 0 spiro atoms. The minimum absolute atomic E-state index is 0.153. The van der Waals surface area contributed by atoms with Crippen LogP contribution < -0.4 is 4.90 Å². The van der Waals surface area contributed by atoms with E-state index in [-0.39, 0.29) is 5.88 Å². The van der Waals surface area contributed by atoms with Gasteiger partial charge in [-0.05, 0) is 19.3 Å². The van der Waals surface area contributed by atoms with Crippen molar-refractivity contribution in [3.63, 3.8) is 0 Å². The minimum Gasteiger partial charge on any atom is -0.493 e. The van der Waals surface area contributed by atoms with Crippen molar-refractivity contribution in [2.45, 2.75) is 19.3 Å². The van der Waals surface area contributed by atoms with Gasteiger partial charge >= 0.3 is 0 Å². The van der Waals surface area contributed by atoms with Crippen LogP contribution >= 0.6 is 11.3 Å². The zero-order valence-electron chi connectivity index (χ0n) is 6.86. The van der Waals surface area contributed by atoms with Gasteiger partial charge in [-0.3, -0.25) is 0 Å². The molecule has 0 radical (unpaired) electrons. The van der Waals surface area contributed by atoms with Gasteiger partial charge in [0.15, 0.2) is 5.13 Å². The van der Waals surface area contributed by atoms with Crippen LogP contribution in [0.2, 0.25) is 0 Å². The summed E-state index contributed by atoms with van der Waals surface area (Å²) in [4.78, 5) is 6.28. The zero-order chi connectivity index (χ0) is 8.39. The number of hydrogen-bond donors (Lipinski definition) is 1. The Balaban J connectivity index is 2.08. The highest BCUT2D eigenvalue weighted by Crippen LogP contribution is 2.26. The van der Waals surface area contributed by atoms with Crippen LogP contribution in [0.3, 0.4) is 0 Å². The maximum Gasteiger partial charge on any atom is 0.223 e. The van der Waals surface area contributed by atoms with Crippen LogP contribution in [0.15, 0.2) is 5.38 Å². The van der Waals surface area contributed by atoms with Crippen molar-refractivity contribution < 1.29 is 5.11 Å². The highest BCUT2D eigenvalue weighted by molar-refractivity contribution is 7.13. The lowest BCUT2D eigenvalue weighted by molar-refractivity contribution is 0.456. The predicted molar refractivity (Wildman–Crippen MR) is 49.8 cm³/mol. The van der Waals surface area contributed by atoms with E-state index in [1.807, 2.05) is 0 Å². The van der Waals surface area contributed by atoms with Gasteiger partial charge in [-0.2, -0.15) is 4.98 Å². The third-order valence-electron chi connectivity index (χ3n) is 2.11. The van der Waals surface area contributed by atoms with Gasteiger partial charge in [-0.25, -0.2) is 0 Å². The summed E-state index contributed by atoms with van der Waals surface area (Å²) in [6, 6.07) is 0. The molecule has 0 aliphatic carbocycles. The third kappa shape index (κ3) is 1.53. The number of nitrogens with zero attached hydrogens (tertiary/aromatic N) is 2. The average Bonchev–Trinajstić information content (AvgIpc) is 2.54. The Labute approximate surface area is 75.7 Å². The number of anilines is 1. The summed E-state index contributed by atoms with van der Waals surface area (Å²) in [5.74, 6) is 0.153. The lowest BCUT2D eigenvalue weighted by atomic mass is 10.1. The van der Waals surface area contributed by atoms with E-state index >= 15 is 0 Å². The second-order valence-corrected chi connectivity index (χ2v) is 3.87. The fourth-order valence-electron chi connectivity index (χ4n) is 1.49. The lowest BCUT2D eigenvalue weighted by Crippen LogP contribution is -2.29. The van der Waals surface area contributed by atoms with Gasteiger partial charge in [0.25, 0.3) is 0 Å². The number of aromatic hydroxyl groups is 1. The van der Waals surface area contributed by atoms with Crippen LogP contribution in [0.4, 0.5) is 5.13 Å². The molecule has 0 atom stereocenters. The molecular weight excluding hydrogens is 172 g/mol. The summed E-state index contributed by atoms with van der Waals surface area (Å²) >= 11 is 1.52. The van der Waals surface area contributed by atoms with Crippen molar-refractivity contribution in [2.24, 2.45) is 0 Å². The van der Waals surface area contributed by atoms with E-state index in [1.54, 1.807) is 5.38 Å². The van der Waals surface area contributed by atoms with E-state index in [0.29, 0.717) is 0 Å². The molecule has 2 heterocycles. The maximum absolute atomic E-state index is 9.06. The average molecular weight is 184 g/mol. The first-order chi connectivity index (χ1) is 5.86. The molecule has 1 saturated heterocycles. The molecule has 3 nitrogen and oxygen atoms in total. The van der Waals surface area contributed by atoms with Crippen LogP contribution in [0, 0.1) is 0 Å². The highest BCUT2D eigenvalue weighted by Gasteiger charge is 2.13. The molecule has 1 fully saturated rings. The third-order valence-corrected chi connectivity index (χ3v) is 3.00. The van der Waals surface area contributed by atoms with Crippen LogP contribution in [-0.4, -0.2) is 23.2 Å². The number of rotatable bonds is 1. The van der Waals surface area contributed by atoms with Crippen LogP contribution in [-0.2, 0) is 0 Å². The Bertz CT molecular complexity index is 255. The Morgan fingerprint density at radius 2 is 2.08 bits per heavy atom. The van der Waals surface area contributed by atoms with Crippen molar-refractivity contribution in [2.75, 3.05) is 18.0 Å².